The lowest BCUT2D eigenvalue weighted by molar-refractivity contribution is 0.162. The van der Waals surface area contributed by atoms with Gasteiger partial charge in [0.05, 0.1) is 5.69 Å². The second-order valence-electron chi connectivity index (χ2n) is 9.43. The average Bonchev–Trinajstić information content (AvgIpc) is 2.83. The van der Waals surface area contributed by atoms with Gasteiger partial charge in [0.15, 0.2) is 11.6 Å². The third-order valence-corrected chi connectivity index (χ3v) is 7.00. The van der Waals surface area contributed by atoms with Crippen molar-refractivity contribution in [3.8, 4) is 0 Å². The normalized spacial score (nSPS) is 19.9. The minimum Gasteiger partial charge on any atom is -0.365 e. The van der Waals surface area contributed by atoms with Crippen LogP contribution in [0.3, 0.4) is 0 Å². The van der Waals surface area contributed by atoms with E-state index in [9.17, 15) is 18.0 Å². The predicted octanol–water partition coefficient (Wildman–Crippen LogP) is 4.63. The van der Waals surface area contributed by atoms with Crippen LogP contribution in [0.1, 0.15) is 31.7 Å². The van der Waals surface area contributed by atoms with Crippen molar-refractivity contribution in [1.82, 2.24) is 15.1 Å². The number of anilines is 1. The van der Waals surface area contributed by atoms with Crippen molar-refractivity contribution in [2.75, 3.05) is 44.2 Å². The second kappa shape index (κ2) is 11.1. The van der Waals surface area contributed by atoms with Crippen LogP contribution < -0.4 is 10.2 Å². The number of benzene rings is 2. The van der Waals surface area contributed by atoms with Gasteiger partial charge in [0.1, 0.15) is 5.82 Å². The summed E-state index contributed by atoms with van der Waals surface area (Å²) in [6, 6.07) is 11.7. The number of nitrogens with zero attached hydrogens (tertiary/aromatic N) is 3. The fraction of sp³-hybridized carbons (Fsp3) is 0.500. The summed E-state index contributed by atoms with van der Waals surface area (Å²) < 4.78 is 40.9. The van der Waals surface area contributed by atoms with Crippen LogP contribution in [0, 0.1) is 23.4 Å². The Morgan fingerprint density at radius 1 is 0.971 bits per heavy atom. The average molecular weight is 475 g/mol. The Morgan fingerprint density at radius 3 is 2.38 bits per heavy atom. The molecule has 1 N–H and O–H groups in total. The summed E-state index contributed by atoms with van der Waals surface area (Å²) in [5.74, 6) is -2.46. The monoisotopic (exact) mass is 474 g/mol. The molecule has 0 spiro atoms. The molecule has 5 nitrogen and oxygen atoms in total. The van der Waals surface area contributed by atoms with Gasteiger partial charge in [0.2, 0.25) is 0 Å². The number of hydrogen-bond donors (Lipinski definition) is 1. The molecule has 8 heteroatoms. The van der Waals surface area contributed by atoms with Crippen LogP contribution in [0.2, 0.25) is 0 Å². The summed E-state index contributed by atoms with van der Waals surface area (Å²) in [4.78, 5) is 18.6. The smallest absolute Gasteiger partial charge is 0.317 e. The molecule has 2 aromatic carbocycles. The number of likely N-dealkylation sites (tertiary alicyclic amines) is 1. The van der Waals surface area contributed by atoms with Crippen molar-refractivity contribution in [2.45, 2.75) is 38.8 Å². The SMILES string of the molecule is C[C@@H]1CN(c2cc(F)c(F)cc2F)CCN1C(=O)NCCC1CCN(Cc2ccccc2)CC1. The van der Waals surface area contributed by atoms with Gasteiger partial charge in [0, 0.05) is 50.9 Å². The minimum atomic E-state index is -1.20. The molecule has 0 saturated carbocycles. The van der Waals surface area contributed by atoms with Crippen LogP contribution in [-0.2, 0) is 6.54 Å². The molecule has 0 aliphatic carbocycles. The first kappa shape index (κ1) is 24.4. The van der Waals surface area contributed by atoms with Crippen LogP contribution in [0.25, 0.3) is 0 Å². The van der Waals surface area contributed by atoms with E-state index in [1.165, 1.54) is 5.56 Å². The number of nitrogens with one attached hydrogen (secondary N) is 1. The fourth-order valence-electron chi connectivity index (χ4n) is 4.99. The van der Waals surface area contributed by atoms with Gasteiger partial charge in [-0.3, -0.25) is 4.90 Å². The van der Waals surface area contributed by atoms with E-state index in [0.29, 0.717) is 38.2 Å². The summed E-state index contributed by atoms with van der Waals surface area (Å²) in [6.07, 6.45) is 3.23. The largest absolute Gasteiger partial charge is 0.365 e. The van der Waals surface area contributed by atoms with Gasteiger partial charge in [-0.2, -0.15) is 0 Å². The van der Waals surface area contributed by atoms with Gasteiger partial charge in [0.25, 0.3) is 0 Å². The van der Waals surface area contributed by atoms with Gasteiger partial charge in [-0.1, -0.05) is 30.3 Å². The highest BCUT2D eigenvalue weighted by atomic mass is 19.2. The van der Waals surface area contributed by atoms with E-state index in [2.05, 4.69) is 34.5 Å². The van der Waals surface area contributed by atoms with Crippen LogP contribution in [0.5, 0.6) is 0 Å². The molecule has 4 rings (SSSR count). The molecule has 2 heterocycles. The topological polar surface area (TPSA) is 38.8 Å². The first-order valence-corrected chi connectivity index (χ1v) is 12.1. The zero-order chi connectivity index (χ0) is 24.1. The molecule has 184 valence electrons. The quantitative estimate of drug-likeness (QED) is 0.621. The molecule has 0 bridgehead atoms. The summed E-state index contributed by atoms with van der Waals surface area (Å²) in [7, 11) is 0. The second-order valence-corrected chi connectivity index (χ2v) is 9.43. The molecule has 34 heavy (non-hydrogen) atoms. The van der Waals surface area contributed by atoms with Crippen molar-refractivity contribution in [3.05, 3.63) is 65.5 Å². The number of hydrogen-bond acceptors (Lipinski definition) is 3. The van der Waals surface area contributed by atoms with Crippen molar-refractivity contribution in [1.29, 1.82) is 0 Å². The molecule has 1 atom stereocenters. The Kier molecular flexibility index (Phi) is 7.98. The summed E-state index contributed by atoms with van der Waals surface area (Å²) in [6.45, 7) is 6.76. The Hall–Kier alpha value is -2.74. The maximum Gasteiger partial charge on any atom is 0.317 e. The molecule has 2 amide bonds. The van der Waals surface area contributed by atoms with E-state index >= 15 is 0 Å². The highest BCUT2D eigenvalue weighted by Gasteiger charge is 2.29. The number of piperidine rings is 1. The number of piperazine rings is 1. The van der Waals surface area contributed by atoms with E-state index in [1.807, 2.05) is 13.0 Å². The lowest BCUT2D eigenvalue weighted by atomic mass is 9.93. The highest BCUT2D eigenvalue weighted by Crippen LogP contribution is 2.25. The van der Waals surface area contributed by atoms with Crippen LogP contribution in [0.4, 0.5) is 23.7 Å². The molecule has 0 radical (unpaired) electrons. The maximum absolute atomic E-state index is 14.1. The molecule has 0 aromatic heterocycles. The highest BCUT2D eigenvalue weighted by molar-refractivity contribution is 5.75. The fourth-order valence-corrected chi connectivity index (χ4v) is 4.99. The molecule has 2 fully saturated rings. The Balaban J connectivity index is 1.18. The number of carbonyl (C=O) groups is 1. The summed E-state index contributed by atoms with van der Waals surface area (Å²) >= 11 is 0. The van der Waals surface area contributed by atoms with Crippen molar-refractivity contribution < 1.29 is 18.0 Å². The number of amides is 2. The summed E-state index contributed by atoms with van der Waals surface area (Å²) in [5.41, 5.74) is 1.37. The maximum atomic E-state index is 14.1. The van der Waals surface area contributed by atoms with Crippen molar-refractivity contribution in [2.24, 2.45) is 5.92 Å². The molecule has 2 aliphatic heterocycles. The Bertz CT molecular complexity index is 966. The molecular formula is C26H33F3N4O. The lowest BCUT2D eigenvalue weighted by Crippen LogP contribution is -2.57. The van der Waals surface area contributed by atoms with Crippen LogP contribution >= 0.6 is 0 Å². The lowest BCUT2D eigenvalue weighted by Gasteiger charge is -2.41. The third kappa shape index (κ3) is 6.03. The van der Waals surface area contributed by atoms with E-state index in [4.69, 9.17) is 0 Å². The molecule has 0 unspecified atom stereocenters. The van der Waals surface area contributed by atoms with Gasteiger partial charge in [-0.15, -0.1) is 0 Å². The van der Waals surface area contributed by atoms with E-state index in [0.717, 1.165) is 45.0 Å². The van der Waals surface area contributed by atoms with Crippen LogP contribution in [-0.4, -0.2) is 61.1 Å². The van der Waals surface area contributed by atoms with Gasteiger partial charge < -0.3 is 15.1 Å². The number of carbonyl (C=O) groups excluding carboxylic acids is 1. The predicted molar refractivity (Wildman–Crippen MR) is 127 cm³/mol. The number of rotatable bonds is 6. The Labute approximate surface area is 199 Å². The molecule has 2 aromatic rings. The van der Waals surface area contributed by atoms with E-state index < -0.39 is 17.5 Å². The molecule has 2 aliphatic rings. The van der Waals surface area contributed by atoms with Crippen LogP contribution in [0.15, 0.2) is 42.5 Å². The summed E-state index contributed by atoms with van der Waals surface area (Å²) in [5, 5.41) is 3.03. The first-order chi connectivity index (χ1) is 16.4. The number of halogens is 3. The van der Waals surface area contributed by atoms with Gasteiger partial charge in [-0.05, 0) is 50.8 Å². The number of urea groups is 1. The van der Waals surface area contributed by atoms with E-state index in [1.54, 1.807) is 9.80 Å². The van der Waals surface area contributed by atoms with Crippen molar-refractivity contribution in [3.63, 3.8) is 0 Å². The molecule has 2 saturated heterocycles. The third-order valence-electron chi connectivity index (χ3n) is 7.00. The molecular weight excluding hydrogens is 441 g/mol. The minimum absolute atomic E-state index is 0.0319. The Morgan fingerprint density at radius 2 is 1.68 bits per heavy atom. The standard InChI is InChI=1S/C26H33F3N4O/c1-19-17-32(25-16-23(28)22(27)15-24(25)29)13-14-33(19)26(34)30-10-7-20-8-11-31(12-9-20)18-21-5-3-2-4-6-21/h2-6,15-16,19-20H,7-14,17-18H2,1H3,(H,30,34)/t19-/m1/s1. The first-order valence-electron chi connectivity index (χ1n) is 12.1. The van der Waals surface area contributed by atoms with E-state index in [-0.39, 0.29) is 17.8 Å². The zero-order valence-electron chi connectivity index (χ0n) is 19.7. The van der Waals surface area contributed by atoms with Crippen molar-refractivity contribution >= 4 is 11.7 Å². The van der Waals surface area contributed by atoms with Gasteiger partial charge >= 0.3 is 6.03 Å². The van der Waals surface area contributed by atoms with Gasteiger partial charge in [-0.25, -0.2) is 18.0 Å². The zero-order valence-corrected chi connectivity index (χ0v) is 19.7.